The molecule has 0 amide bonds. The highest BCUT2D eigenvalue weighted by Gasteiger charge is 2.11. The number of carbonyl (C=O) groups is 1. The monoisotopic (exact) mass is 284 g/mol. The van der Waals surface area contributed by atoms with E-state index >= 15 is 0 Å². The SMILES string of the molecule is Cn1cc(C(=O)Cc2sccc2Br)cn1. The number of hydrogen-bond donors (Lipinski definition) is 0. The molecule has 0 aliphatic rings. The van der Waals surface area contributed by atoms with Crippen molar-refractivity contribution in [1.29, 1.82) is 0 Å². The average Bonchev–Trinajstić information content (AvgIpc) is 2.77. The van der Waals surface area contributed by atoms with E-state index in [0.717, 1.165) is 9.35 Å². The zero-order valence-corrected chi connectivity index (χ0v) is 10.5. The predicted molar refractivity (Wildman–Crippen MR) is 63.3 cm³/mol. The van der Waals surface area contributed by atoms with Gasteiger partial charge in [0.25, 0.3) is 0 Å². The third kappa shape index (κ3) is 2.35. The van der Waals surface area contributed by atoms with Crippen LogP contribution in [0.15, 0.2) is 28.3 Å². The molecule has 2 aromatic heterocycles. The molecular formula is C10H9BrN2OS. The highest BCUT2D eigenvalue weighted by Crippen LogP contribution is 2.24. The van der Waals surface area contributed by atoms with Crippen LogP contribution in [-0.2, 0) is 13.5 Å². The lowest BCUT2D eigenvalue weighted by atomic mass is 10.1. The minimum Gasteiger partial charge on any atom is -0.294 e. The van der Waals surface area contributed by atoms with Crippen LogP contribution in [0.4, 0.5) is 0 Å². The van der Waals surface area contributed by atoms with Gasteiger partial charge in [0.2, 0.25) is 0 Å². The Balaban J connectivity index is 2.14. The van der Waals surface area contributed by atoms with Crippen molar-refractivity contribution in [2.75, 3.05) is 0 Å². The first kappa shape index (κ1) is 10.6. The molecule has 0 aliphatic carbocycles. The number of aromatic nitrogens is 2. The van der Waals surface area contributed by atoms with Gasteiger partial charge in [-0.3, -0.25) is 9.48 Å². The fraction of sp³-hybridized carbons (Fsp3) is 0.200. The van der Waals surface area contributed by atoms with E-state index in [0.29, 0.717) is 12.0 Å². The van der Waals surface area contributed by atoms with Gasteiger partial charge in [-0.1, -0.05) is 0 Å². The van der Waals surface area contributed by atoms with Crippen LogP contribution in [0, 0.1) is 0 Å². The van der Waals surface area contributed by atoms with Gasteiger partial charge in [-0.15, -0.1) is 11.3 Å². The maximum absolute atomic E-state index is 11.8. The van der Waals surface area contributed by atoms with Gasteiger partial charge in [0.15, 0.2) is 5.78 Å². The Morgan fingerprint density at radius 2 is 2.47 bits per heavy atom. The summed E-state index contributed by atoms with van der Waals surface area (Å²) in [6.45, 7) is 0. The summed E-state index contributed by atoms with van der Waals surface area (Å²) in [5.74, 6) is 0.103. The minimum atomic E-state index is 0.103. The van der Waals surface area contributed by atoms with Crippen LogP contribution in [-0.4, -0.2) is 15.6 Å². The molecule has 0 aromatic carbocycles. The van der Waals surface area contributed by atoms with Crippen LogP contribution >= 0.6 is 27.3 Å². The van der Waals surface area contributed by atoms with Gasteiger partial charge >= 0.3 is 0 Å². The molecule has 0 atom stereocenters. The zero-order valence-electron chi connectivity index (χ0n) is 8.11. The first-order valence-corrected chi connectivity index (χ1v) is 6.08. The zero-order chi connectivity index (χ0) is 10.8. The maximum Gasteiger partial charge on any atom is 0.171 e. The molecular weight excluding hydrogens is 276 g/mol. The standard InChI is InChI=1S/C10H9BrN2OS/c1-13-6-7(5-12-13)9(14)4-10-8(11)2-3-15-10/h2-3,5-6H,4H2,1H3. The third-order valence-corrected chi connectivity index (χ3v) is 3.97. The van der Waals surface area contributed by atoms with E-state index in [2.05, 4.69) is 21.0 Å². The van der Waals surface area contributed by atoms with Crippen molar-refractivity contribution in [2.45, 2.75) is 6.42 Å². The van der Waals surface area contributed by atoms with Gasteiger partial charge < -0.3 is 0 Å². The quantitative estimate of drug-likeness (QED) is 0.813. The number of hydrogen-bond acceptors (Lipinski definition) is 3. The Kier molecular flexibility index (Phi) is 3.02. The van der Waals surface area contributed by atoms with Crippen LogP contribution in [0.2, 0.25) is 0 Å². The van der Waals surface area contributed by atoms with Crippen LogP contribution in [0.25, 0.3) is 0 Å². The van der Waals surface area contributed by atoms with Crippen LogP contribution in [0.5, 0.6) is 0 Å². The number of Topliss-reactive ketones (excluding diaryl/α,β-unsaturated/α-hetero) is 1. The molecule has 0 N–H and O–H groups in total. The van der Waals surface area contributed by atoms with E-state index in [1.165, 1.54) is 0 Å². The molecule has 0 fully saturated rings. The molecule has 15 heavy (non-hydrogen) atoms. The van der Waals surface area contributed by atoms with Crippen molar-refractivity contribution in [1.82, 2.24) is 9.78 Å². The summed E-state index contributed by atoms with van der Waals surface area (Å²) < 4.78 is 2.64. The molecule has 78 valence electrons. The summed E-state index contributed by atoms with van der Waals surface area (Å²) in [5, 5.41) is 5.95. The van der Waals surface area contributed by atoms with Crippen molar-refractivity contribution in [3.63, 3.8) is 0 Å². The Bertz CT molecular complexity index is 489. The molecule has 0 bridgehead atoms. The Morgan fingerprint density at radius 1 is 1.67 bits per heavy atom. The van der Waals surface area contributed by atoms with Crippen molar-refractivity contribution >= 4 is 33.0 Å². The van der Waals surface area contributed by atoms with E-state index in [-0.39, 0.29) is 5.78 Å². The van der Waals surface area contributed by atoms with E-state index in [1.54, 1.807) is 35.5 Å². The summed E-state index contributed by atoms with van der Waals surface area (Å²) in [6.07, 6.45) is 3.78. The first-order chi connectivity index (χ1) is 7.16. The second-order valence-electron chi connectivity index (χ2n) is 3.19. The molecule has 2 rings (SSSR count). The summed E-state index contributed by atoms with van der Waals surface area (Å²) in [4.78, 5) is 12.9. The average molecular weight is 285 g/mol. The number of aryl methyl sites for hydroxylation is 1. The summed E-state index contributed by atoms with van der Waals surface area (Å²) in [7, 11) is 1.80. The lowest BCUT2D eigenvalue weighted by molar-refractivity contribution is 0.0993. The Morgan fingerprint density at radius 3 is 3.00 bits per heavy atom. The summed E-state index contributed by atoms with van der Waals surface area (Å²) in [6, 6.07) is 1.95. The second-order valence-corrected chi connectivity index (χ2v) is 5.05. The molecule has 3 nitrogen and oxygen atoms in total. The molecule has 0 unspecified atom stereocenters. The molecule has 0 radical (unpaired) electrons. The number of rotatable bonds is 3. The fourth-order valence-electron chi connectivity index (χ4n) is 1.26. The normalized spacial score (nSPS) is 10.5. The molecule has 5 heteroatoms. The molecule has 0 aliphatic heterocycles. The number of ketones is 1. The highest BCUT2D eigenvalue weighted by atomic mass is 79.9. The lowest BCUT2D eigenvalue weighted by Crippen LogP contribution is -2.01. The number of carbonyl (C=O) groups excluding carboxylic acids is 1. The van der Waals surface area contributed by atoms with Gasteiger partial charge in [0, 0.05) is 29.0 Å². The summed E-state index contributed by atoms with van der Waals surface area (Å²) in [5.41, 5.74) is 0.665. The minimum absolute atomic E-state index is 0.103. The van der Waals surface area contributed by atoms with Crippen molar-refractivity contribution in [3.05, 3.63) is 38.8 Å². The van der Waals surface area contributed by atoms with Crippen molar-refractivity contribution in [2.24, 2.45) is 7.05 Å². The third-order valence-electron chi connectivity index (χ3n) is 2.04. The molecule has 0 saturated carbocycles. The largest absolute Gasteiger partial charge is 0.294 e. The van der Waals surface area contributed by atoms with Crippen LogP contribution in [0.1, 0.15) is 15.2 Å². The number of halogens is 1. The van der Waals surface area contributed by atoms with Gasteiger partial charge in [-0.25, -0.2) is 0 Å². The van der Waals surface area contributed by atoms with Crippen LogP contribution < -0.4 is 0 Å². The number of nitrogens with zero attached hydrogens (tertiary/aromatic N) is 2. The van der Waals surface area contributed by atoms with Crippen molar-refractivity contribution in [3.8, 4) is 0 Å². The highest BCUT2D eigenvalue weighted by molar-refractivity contribution is 9.10. The van der Waals surface area contributed by atoms with Crippen LogP contribution in [0.3, 0.4) is 0 Å². The van der Waals surface area contributed by atoms with Crippen molar-refractivity contribution < 1.29 is 4.79 Å². The first-order valence-electron chi connectivity index (χ1n) is 4.40. The molecule has 0 saturated heterocycles. The Hall–Kier alpha value is -0.940. The topological polar surface area (TPSA) is 34.9 Å². The molecule has 0 spiro atoms. The molecule has 2 aromatic rings. The van der Waals surface area contributed by atoms with E-state index in [9.17, 15) is 4.79 Å². The maximum atomic E-state index is 11.8. The Labute approximate surface area is 99.9 Å². The fourth-order valence-corrected chi connectivity index (χ4v) is 2.76. The second kappa shape index (κ2) is 4.28. The van der Waals surface area contributed by atoms with E-state index in [1.807, 2.05) is 11.4 Å². The van der Waals surface area contributed by atoms with Gasteiger partial charge in [-0.05, 0) is 27.4 Å². The number of thiophene rings is 1. The summed E-state index contributed by atoms with van der Waals surface area (Å²) >= 11 is 4.99. The smallest absolute Gasteiger partial charge is 0.171 e. The van der Waals surface area contributed by atoms with Gasteiger partial charge in [0.1, 0.15) is 0 Å². The lowest BCUT2D eigenvalue weighted by Gasteiger charge is -1.95. The van der Waals surface area contributed by atoms with Gasteiger partial charge in [-0.2, -0.15) is 5.10 Å². The molecule has 2 heterocycles. The van der Waals surface area contributed by atoms with E-state index < -0.39 is 0 Å². The van der Waals surface area contributed by atoms with E-state index in [4.69, 9.17) is 0 Å². The predicted octanol–water partition coefficient (Wildman–Crippen LogP) is 2.67. The van der Waals surface area contributed by atoms with Gasteiger partial charge in [0.05, 0.1) is 11.8 Å².